The number of fused-ring (bicyclic) bond motifs is 1. The maximum atomic E-state index is 13.5. The van der Waals surface area contributed by atoms with E-state index in [0.717, 1.165) is 28.4 Å². The highest BCUT2D eigenvalue weighted by atomic mass is 32.1. The normalized spacial score (nSPS) is 12.0. The summed E-state index contributed by atoms with van der Waals surface area (Å²) < 4.78 is 37.9. The Balaban J connectivity index is 1.45. The number of carbonyl (C=O) groups is 2. The number of nitrogens with one attached hydrogen (secondary N) is 1. The van der Waals surface area contributed by atoms with E-state index >= 15 is 0 Å². The third kappa shape index (κ3) is 5.08. The molecule has 1 atom stereocenters. The zero-order valence-electron chi connectivity index (χ0n) is 14.8. The summed E-state index contributed by atoms with van der Waals surface area (Å²) in [5.74, 6) is -3.05. The van der Waals surface area contributed by atoms with Crippen molar-refractivity contribution in [2.24, 2.45) is 0 Å². The molecule has 1 aromatic heterocycles. The molecule has 0 spiro atoms. The predicted molar refractivity (Wildman–Crippen MR) is 99.8 cm³/mol. The molecule has 3 rings (SSSR count). The second-order valence-electron chi connectivity index (χ2n) is 5.81. The number of benzene rings is 2. The number of halogens is 2. The van der Waals surface area contributed by atoms with Gasteiger partial charge in [-0.25, -0.2) is 18.6 Å². The molecule has 0 radical (unpaired) electrons. The monoisotopic (exact) mass is 406 g/mol. The number of hydrogen-bond donors (Lipinski definition) is 1. The van der Waals surface area contributed by atoms with Crippen LogP contribution in [0.1, 0.15) is 11.9 Å². The van der Waals surface area contributed by atoms with Gasteiger partial charge in [0.05, 0.1) is 22.5 Å². The lowest BCUT2D eigenvalue weighted by molar-refractivity contribution is -0.157. The summed E-state index contributed by atoms with van der Waals surface area (Å²) >= 11 is 1.45. The lowest BCUT2D eigenvalue weighted by Gasteiger charge is -2.14. The van der Waals surface area contributed by atoms with Crippen molar-refractivity contribution in [3.8, 4) is 0 Å². The van der Waals surface area contributed by atoms with Crippen LogP contribution in [0.2, 0.25) is 0 Å². The van der Waals surface area contributed by atoms with Gasteiger partial charge >= 0.3 is 5.97 Å². The van der Waals surface area contributed by atoms with Crippen molar-refractivity contribution in [2.75, 3.05) is 11.9 Å². The summed E-state index contributed by atoms with van der Waals surface area (Å²) in [5, 5.41) is 2.88. The van der Waals surface area contributed by atoms with Crippen molar-refractivity contribution < 1.29 is 27.8 Å². The number of thiazole rings is 1. The molecule has 146 valence electrons. The van der Waals surface area contributed by atoms with Gasteiger partial charge in [0.1, 0.15) is 23.2 Å². The number of rotatable bonds is 7. The van der Waals surface area contributed by atoms with Crippen LogP contribution in [0.3, 0.4) is 0 Å². The third-order valence-corrected chi connectivity index (χ3v) is 4.66. The van der Waals surface area contributed by atoms with Crippen molar-refractivity contribution >= 4 is 39.1 Å². The van der Waals surface area contributed by atoms with E-state index in [-0.39, 0.29) is 18.9 Å². The van der Waals surface area contributed by atoms with Gasteiger partial charge in [-0.15, -0.1) is 11.3 Å². The summed E-state index contributed by atoms with van der Waals surface area (Å²) in [4.78, 5) is 28.2. The van der Waals surface area contributed by atoms with Crippen LogP contribution in [0.4, 0.5) is 14.5 Å². The van der Waals surface area contributed by atoms with Gasteiger partial charge in [0.2, 0.25) is 0 Å². The molecular formula is C19H16F2N2O4S. The number of nitrogens with zero attached hydrogens (tertiary/aromatic N) is 1. The first-order chi connectivity index (χ1) is 13.4. The molecule has 0 aliphatic heterocycles. The molecule has 0 saturated heterocycles. The number of ether oxygens (including phenoxy) is 2. The molecule has 1 heterocycles. The maximum Gasteiger partial charge on any atom is 0.332 e. The van der Waals surface area contributed by atoms with Gasteiger partial charge in [0.15, 0.2) is 6.10 Å². The standard InChI is InChI=1S/C19H16F2N2O4S/c1-11(19(25)23-15-8-12(20)6-7-13(15)21)27-18(24)10-26-9-17-22-14-4-2-3-5-16(14)28-17/h2-8,11H,9-10H2,1H3,(H,23,25)/t11-/m0/s1. The molecule has 6 nitrogen and oxygen atoms in total. The minimum Gasteiger partial charge on any atom is -0.451 e. The van der Waals surface area contributed by atoms with Gasteiger partial charge < -0.3 is 14.8 Å². The van der Waals surface area contributed by atoms with Gasteiger partial charge in [-0.2, -0.15) is 0 Å². The quantitative estimate of drug-likeness (QED) is 0.606. The van der Waals surface area contributed by atoms with Gasteiger partial charge in [0, 0.05) is 6.07 Å². The Morgan fingerprint density at radius 1 is 1.21 bits per heavy atom. The van der Waals surface area contributed by atoms with Crippen LogP contribution in [-0.2, 0) is 25.7 Å². The van der Waals surface area contributed by atoms with Crippen molar-refractivity contribution in [3.05, 3.63) is 59.1 Å². The largest absolute Gasteiger partial charge is 0.451 e. The van der Waals surface area contributed by atoms with Gasteiger partial charge in [-0.1, -0.05) is 12.1 Å². The zero-order valence-corrected chi connectivity index (χ0v) is 15.6. The van der Waals surface area contributed by atoms with Crippen molar-refractivity contribution in [3.63, 3.8) is 0 Å². The minimum atomic E-state index is -1.21. The van der Waals surface area contributed by atoms with E-state index in [1.807, 2.05) is 24.3 Å². The van der Waals surface area contributed by atoms with Crippen molar-refractivity contribution in [1.82, 2.24) is 4.98 Å². The summed E-state index contributed by atoms with van der Waals surface area (Å²) in [7, 11) is 0. The van der Waals surface area contributed by atoms with Crippen LogP contribution in [0.5, 0.6) is 0 Å². The molecule has 0 bridgehead atoms. The van der Waals surface area contributed by atoms with E-state index in [1.165, 1.54) is 18.3 Å². The van der Waals surface area contributed by atoms with Crippen LogP contribution in [0, 0.1) is 11.6 Å². The third-order valence-electron chi connectivity index (χ3n) is 3.65. The Bertz CT molecular complexity index is 976. The molecule has 0 aliphatic carbocycles. The SMILES string of the molecule is C[C@H](OC(=O)COCc1nc2ccccc2s1)C(=O)Nc1cc(F)ccc1F. The van der Waals surface area contributed by atoms with Crippen molar-refractivity contribution in [1.29, 1.82) is 0 Å². The minimum absolute atomic E-state index is 0.128. The Kier molecular flexibility index (Phi) is 6.27. The first-order valence-electron chi connectivity index (χ1n) is 8.30. The fraction of sp³-hybridized carbons (Fsp3) is 0.211. The fourth-order valence-electron chi connectivity index (χ4n) is 2.32. The Labute approximate surface area is 163 Å². The van der Waals surface area contributed by atoms with E-state index in [1.54, 1.807) is 0 Å². The summed E-state index contributed by atoms with van der Waals surface area (Å²) in [6.45, 7) is 1.07. The molecule has 0 unspecified atom stereocenters. The molecular weight excluding hydrogens is 390 g/mol. The van der Waals surface area contributed by atoms with Crippen LogP contribution in [0.25, 0.3) is 10.2 Å². The molecule has 2 aromatic carbocycles. The second kappa shape index (κ2) is 8.85. The lowest BCUT2D eigenvalue weighted by Crippen LogP contribution is -2.31. The highest BCUT2D eigenvalue weighted by molar-refractivity contribution is 7.18. The zero-order chi connectivity index (χ0) is 20.1. The number of para-hydroxylation sites is 1. The van der Waals surface area contributed by atoms with Crippen LogP contribution in [0.15, 0.2) is 42.5 Å². The molecule has 0 aliphatic rings. The van der Waals surface area contributed by atoms with E-state index in [9.17, 15) is 18.4 Å². The number of carbonyl (C=O) groups excluding carboxylic acids is 2. The molecule has 1 amide bonds. The van der Waals surface area contributed by atoms with Crippen LogP contribution in [-0.4, -0.2) is 29.6 Å². The maximum absolute atomic E-state index is 13.5. The smallest absolute Gasteiger partial charge is 0.332 e. The number of hydrogen-bond acceptors (Lipinski definition) is 6. The summed E-state index contributed by atoms with van der Waals surface area (Å²) in [6.07, 6.45) is -1.21. The fourth-order valence-corrected chi connectivity index (χ4v) is 3.22. The lowest BCUT2D eigenvalue weighted by atomic mass is 10.2. The highest BCUT2D eigenvalue weighted by Crippen LogP contribution is 2.22. The molecule has 0 saturated carbocycles. The summed E-state index contributed by atoms with van der Waals surface area (Å²) in [5.41, 5.74) is 0.517. The average Bonchev–Trinajstić information content (AvgIpc) is 3.07. The molecule has 28 heavy (non-hydrogen) atoms. The average molecular weight is 406 g/mol. The Morgan fingerprint density at radius 3 is 2.79 bits per heavy atom. The molecule has 0 fully saturated rings. The first kappa shape index (κ1) is 19.8. The highest BCUT2D eigenvalue weighted by Gasteiger charge is 2.19. The Hall–Kier alpha value is -2.91. The first-order valence-corrected chi connectivity index (χ1v) is 9.11. The molecule has 1 N–H and O–H groups in total. The molecule has 9 heteroatoms. The van der Waals surface area contributed by atoms with Gasteiger partial charge in [-0.3, -0.25) is 4.79 Å². The Morgan fingerprint density at radius 2 is 2.00 bits per heavy atom. The summed E-state index contributed by atoms with van der Waals surface area (Å²) in [6, 6.07) is 10.3. The van der Waals surface area contributed by atoms with E-state index < -0.39 is 29.6 Å². The number of amides is 1. The van der Waals surface area contributed by atoms with E-state index in [4.69, 9.17) is 9.47 Å². The van der Waals surface area contributed by atoms with E-state index in [2.05, 4.69) is 10.3 Å². The second-order valence-corrected chi connectivity index (χ2v) is 6.93. The van der Waals surface area contributed by atoms with Crippen LogP contribution >= 0.6 is 11.3 Å². The topological polar surface area (TPSA) is 77.5 Å². The predicted octanol–water partition coefficient (Wildman–Crippen LogP) is 3.66. The van der Waals surface area contributed by atoms with Crippen molar-refractivity contribution in [2.45, 2.75) is 19.6 Å². The van der Waals surface area contributed by atoms with Crippen LogP contribution < -0.4 is 5.32 Å². The molecule has 3 aromatic rings. The van der Waals surface area contributed by atoms with Gasteiger partial charge in [-0.05, 0) is 31.2 Å². The van der Waals surface area contributed by atoms with E-state index in [0.29, 0.717) is 5.01 Å². The number of esters is 1. The number of aromatic nitrogens is 1. The number of anilines is 1. The van der Waals surface area contributed by atoms with Gasteiger partial charge in [0.25, 0.3) is 5.91 Å².